The fourth-order valence-corrected chi connectivity index (χ4v) is 5.47. The van der Waals surface area contributed by atoms with Crippen molar-refractivity contribution < 1.29 is 24.2 Å². The summed E-state index contributed by atoms with van der Waals surface area (Å²) < 4.78 is 11.7. The van der Waals surface area contributed by atoms with Crippen LogP contribution in [0, 0.1) is 0 Å². The summed E-state index contributed by atoms with van der Waals surface area (Å²) in [7, 11) is 1.54. The fourth-order valence-electron chi connectivity index (χ4n) is 4.21. The maximum atomic E-state index is 13.4. The lowest BCUT2D eigenvalue weighted by Crippen LogP contribution is -2.29. The first kappa shape index (κ1) is 24.8. The molecule has 1 fully saturated rings. The van der Waals surface area contributed by atoms with Crippen LogP contribution in [0.25, 0.3) is 16.0 Å². The minimum atomic E-state index is -0.890. The van der Waals surface area contributed by atoms with Crippen LogP contribution >= 0.6 is 22.9 Å². The monoisotopic (exact) mass is 534 g/mol. The van der Waals surface area contributed by atoms with Gasteiger partial charge in [-0.1, -0.05) is 42.0 Å². The zero-order valence-corrected chi connectivity index (χ0v) is 21.7. The van der Waals surface area contributed by atoms with E-state index in [4.69, 9.17) is 21.1 Å². The highest BCUT2D eigenvalue weighted by molar-refractivity contribution is 7.22. The Morgan fingerprint density at radius 1 is 1.05 bits per heavy atom. The number of benzene rings is 3. The Kier molecular flexibility index (Phi) is 6.86. The molecule has 1 atom stereocenters. The van der Waals surface area contributed by atoms with Crippen LogP contribution in [0.15, 0.2) is 72.3 Å². The first-order valence-corrected chi connectivity index (χ1v) is 12.8. The number of carbonyl (C=O) groups is 2. The lowest BCUT2D eigenvalue weighted by molar-refractivity contribution is -0.132. The van der Waals surface area contributed by atoms with Crippen molar-refractivity contribution in [1.82, 2.24) is 4.98 Å². The number of rotatable bonds is 7. The summed E-state index contributed by atoms with van der Waals surface area (Å²) in [4.78, 5) is 32.8. The van der Waals surface area contributed by atoms with Gasteiger partial charge in [-0.25, -0.2) is 4.98 Å². The number of aliphatic hydroxyl groups is 1. The number of carbonyl (C=O) groups excluding carboxylic acids is 2. The van der Waals surface area contributed by atoms with E-state index in [1.165, 1.54) is 16.2 Å². The van der Waals surface area contributed by atoms with Gasteiger partial charge in [0.2, 0.25) is 0 Å². The van der Waals surface area contributed by atoms with Crippen LogP contribution < -0.4 is 14.4 Å². The van der Waals surface area contributed by atoms with Gasteiger partial charge in [-0.15, -0.1) is 0 Å². The normalized spacial score (nSPS) is 16.9. The van der Waals surface area contributed by atoms with Crippen molar-refractivity contribution in [1.29, 1.82) is 0 Å². The van der Waals surface area contributed by atoms with Crippen LogP contribution in [0.3, 0.4) is 0 Å². The molecule has 1 amide bonds. The summed E-state index contributed by atoms with van der Waals surface area (Å²) in [6.45, 7) is 2.59. The predicted octanol–water partition coefficient (Wildman–Crippen LogP) is 6.37. The van der Waals surface area contributed by atoms with Crippen molar-refractivity contribution in [2.24, 2.45) is 0 Å². The van der Waals surface area contributed by atoms with Crippen LogP contribution in [-0.4, -0.2) is 35.5 Å². The van der Waals surface area contributed by atoms with Crippen LogP contribution in [0.5, 0.6) is 11.5 Å². The fraction of sp³-hybridized carbons (Fsp3) is 0.179. The average Bonchev–Trinajstić information content (AvgIpc) is 3.45. The number of nitrogens with zero attached hydrogens (tertiary/aromatic N) is 2. The molecule has 3 aromatic carbocycles. The van der Waals surface area contributed by atoms with Gasteiger partial charge in [0.05, 0.1) is 35.5 Å². The molecule has 4 aromatic rings. The molecule has 1 aromatic heterocycles. The van der Waals surface area contributed by atoms with Gasteiger partial charge in [0, 0.05) is 10.6 Å². The molecule has 0 radical (unpaired) electrons. The summed E-state index contributed by atoms with van der Waals surface area (Å²) in [6.07, 6.45) is 0.866. The number of aliphatic hydroxyl groups excluding tert-OH is 1. The minimum Gasteiger partial charge on any atom is -0.507 e. The Labute approximate surface area is 222 Å². The van der Waals surface area contributed by atoms with Gasteiger partial charge in [0.25, 0.3) is 5.78 Å². The van der Waals surface area contributed by atoms with Crippen LogP contribution in [0.2, 0.25) is 5.02 Å². The molecule has 37 heavy (non-hydrogen) atoms. The molecule has 1 unspecified atom stereocenters. The molecule has 5 rings (SSSR count). The third-order valence-electron chi connectivity index (χ3n) is 6.02. The van der Waals surface area contributed by atoms with Gasteiger partial charge in [-0.3, -0.25) is 14.5 Å². The summed E-state index contributed by atoms with van der Waals surface area (Å²) in [6, 6.07) is 18.2. The summed E-state index contributed by atoms with van der Waals surface area (Å²) in [5.74, 6) is -0.556. The molecular weight excluding hydrogens is 512 g/mol. The maximum absolute atomic E-state index is 13.4. The van der Waals surface area contributed by atoms with E-state index in [2.05, 4.69) is 4.98 Å². The third-order valence-corrected chi connectivity index (χ3v) is 7.27. The van der Waals surface area contributed by atoms with Gasteiger partial charge in [0.15, 0.2) is 5.13 Å². The van der Waals surface area contributed by atoms with E-state index in [-0.39, 0.29) is 11.3 Å². The number of thiazole rings is 1. The van der Waals surface area contributed by atoms with Crippen LogP contribution in [-0.2, 0) is 9.59 Å². The Morgan fingerprint density at radius 3 is 2.43 bits per heavy atom. The number of Topliss-reactive ketones (excluding diaryl/α,β-unsaturated/α-hetero) is 1. The topological polar surface area (TPSA) is 89.0 Å². The standard InChI is InChI=1S/C28H23ClN2O5S/c1-3-14-36-20-11-4-16(5-12-20)24-23(25(32)17-6-9-19(35-2)10-7-17)26(33)27(34)31(24)28-30-21-13-8-18(29)15-22(21)37-28/h4-13,15,24,32H,3,14H2,1-2H3. The van der Waals surface area contributed by atoms with Crippen molar-refractivity contribution in [3.05, 3.63) is 88.5 Å². The Morgan fingerprint density at radius 2 is 1.76 bits per heavy atom. The van der Waals surface area contributed by atoms with E-state index in [0.29, 0.717) is 44.9 Å². The minimum absolute atomic E-state index is 0.0188. The third kappa shape index (κ3) is 4.65. The number of hydrogen-bond donors (Lipinski definition) is 1. The quantitative estimate of drug-likeness (QED) is 0.168. The summed E-state index contributed by atoms with van der Waals surface area (Å²) in [5, 5.41) is 12.2. The number of methoxy groups -OCH3 is 1. The van der Waals surface area contributed by atoms with E-state index < -0.39 is 17.7 Å². The van der Waals surface area contributed by atoms with E-state index in [9.17, 15) is 14.7 Å². The highest BCUT2D eigenvalue weighted by Crippen LogP contribution is 2.44. The van der Waals surface area contributed by atoms with Crippen molar-refractivity contribution in [2.75, 3.05) is 18.6 Å². The number of halogens is 1. The molecule has 1 N–H and O–H groups in total. The van der Waals surface area contributed by atoms with Crippen molar-refractivity contribution >= 4 is 55.7 Å². The zero-order chi connectivity index (χ0) is 26.1. The average molecular weight is 535 g/mol. The number of amides is 1. The molecule has 1 saturated heterocycles. The number of aromatic nitrogens is 1. The van der Waals surface area contributed by atoms with Gasteiger partial charge >= 0.3 is 5.91 Å². The number of anilines is 1. The highest BCUT2D eigenvalue weighted by atomic mass is 35.5. The molecule has 0 aliphatic carbocycles. The predicted molar refractivity (Wildman–Crippen MR) is 145 cm³/mol. The molecule has 7 nitrogen and oxygen atoms in total. The molecule has 188 valence electrons. The molecule has 0 spiro atoms. The number of ketones is 1. The van der Waals surface area contributed by atoms with Gasteiger partial charge in [-0.2, -0.15) is 0 Å². The highest BCUT2D eigenvalue weighted by Gasteiger charge is 2.48. The zero-order valence-electron chi connectivity index (χ0n) is 20.1. The van der Waals surface area contributed by atoms with Gasteiger partial charge in [0.1, 0.15) is 17.3 Å². The number of ether oxygens (including phenoxy) is 2. The second kappa shape index (κ2) is 10.2. The van der Waals surface area contributed by atoms with Crippen molar-refractivity contribution in [2.45, 2.75) is 19.4 Å². The lowest BCUT2D eigenvalue weighted by Gasteiger charge is -2.23. The SMILES string of the molecule is CCCOc1ccc(C2C(=C(O)c3ccc(OC)cc3)C(=O)C(=O)N2c2nc3ccc(Cl)cc3s2)cc1. The molecule has 9 heteroatoms. The van der Waals surface area contributed by atoms with Crippen molar-refractivity contribution in [3.63, 3.8) is 0 Å². The summed E-state index contributed by atoms with van der Waals surface area (Å²) in [5.41, 5.74) is 1.66. The van der Waals surface area contributed by atoms with Crippen molar-refractivity contribution in [3.8, 4) is 11.5 Å². The molecule has 1 aliphatic heterocycles. The van der Waals surface area contributed by atoms with E-state index in [0.717, 1.165) is 11.1 Å². The van der Waals surface area contributed by atoms with Gasteiger partial charge < -0.3 is 14.6 Å². The van der Waals surface area contributed by atoms with E-state index in [1.54, 1.807) is 73.8 Å². The molecule has 2 heterocycles. The van der Waals surface area contributed by atoms with Crippen LogP contribution in [0.4, 0.5) is 5.13 Å². The molecular formula is C28H23ClN2O5S. The first-order valence-electron chi connectivity index (χ1n) is 11.7. The molecule has 0 bridgehead atoms. The Hall–Kier alpha value is -3.88. The van der Waals surface area contributed by atoms with E-state index >= 15 is 0 Å². The summed E-state index contributed by atoms with van der Waals surface area (Å²) >= 11 is 7.41. The number of fused-ring (bicyclic) bond motifs is 1. The first-order chi connectivity index (χ1) is 17.9. The Balaban J connectivity index is 1.66. The molecule has 0 saturated carbocycles. The lowest BCUT2D eigenvalue weighted by atomic mass is 9.95. The molecule has 1 aliphatic rings. The Bertz CT molecular complexity index is 1510. The second-order valence-electron chi connectivity index (χ2n) is 8.42. The largest absolute Gasteiger partial charge is 0.507 e. The van der Waals surface area contributed by atoms with Crippen LogP contribution in [0.1, 0.15) is 30.5 Å². The maximum Gasteiger partial charge on any atom is 0.301 e. The van der Waals surface area contributed by atoms with Gasteiger partial charge in [-0.05, 0) is 66.6 Å². The van der Waals surface area contributed by atoms with E-state index in [1.807, 2.05) is 6.92 Å². The number of hydrogen-bond acceptors (Lipinski definition) is 7. The smallest absolute Gasteiger partial charge is 0.301 e. The second-order valence-corrected chi connectivity index (χ2v) is 9.87.